The van der Waals surface area contributed by atoms with Crippen LogP contribution < -0.4 is 0 Å². The van der Waals surface area contributed by atoms with Gasteiger partial charge in [-0.2, -0.15) is 0 Å². The van der Waals surface area contributed by atoms with Crippen LogP contribution in [0, 0.1) is 12.3 Å². The van der Waals surface area contributed by atoms with Gasteiger partial charge in [-0.1, -0.05) is 0 Å². The molecule has 0 aromatic carbocycles. The van der Waals surface area contributed by atoms with Gasteiger partial charge in [-0.3, -0.25) is 0 Å². The first kappa shape index (κ1) is 6.64. The van der Waals surface area contributed by atoms with Crippen LogP contribution in [0.25, 0.3) is 0 Å². The maximum Gasteiger partial charge on any atom is 0.0214 e. The molecule has 9 heavy (non-hydrogen) atoms. The third-order valence-corrected chi connectivity index (χ3v) is 1.78. The van der Waals surface area contributed by atoms with Crippen molar-refractivity contribution in [2.24, 2.45) is 0 Å². The second-order valence-electron chi connectivity index (χ2n) is 2.67. The van der Waals surface area contributed by atoms with Crippen molar-refractivity contribution < 1.29 is 0 Å². The molecule has 0 atom stereocenters. The maximum absolute atomic E-state index is 5.12. The van der Waals surface area contributed by atoms with E-state index in [2.05, 4.69) is 17.9 Å². The molecule has 1 heteroatoms. The van der Waals surface area contributed by atoms with Crippen LogP contribution in [-0.4, -0.2) is 24.5 Å². The Morgan fingerprint density at radius 2 is 2.33 bits per heavy atom. The van der Waals surface area contributed by atoms with Gasteiger partial charge in [-0.15, -0.1) is 12.3 Å². The van der Waals surface area contributed by atoms with Gasteiger partial charge in [0.25, 0.3) is 0 Å². The summed E-state index contributed by atoms with van der Waals surface area (Å²) < 4.78 is 0. The van der Waals surface area contributed by atoms with Crippen LogP contribution >= 0.6 is 0 Å². The molecule has 0 unspecified atom stereocenters. The fraction of sp³-hybridized carbons (Fsp3) is 0.750. The van der Waals surface area contributed by atoms with Crippen molar-refractivity contribution in [2.75, 3.05) is 13.6 Å². The average Bonchev–Trinajstić information content (AvgIpc) is 2.63. The van der Waals surface area contributed by atoms with E-state index in [-0.39, 0.29) is 0 Å². The van der Waals surface area contributed by atoms with Crippen molar-refractivity contribution in [3.8, 4) is 12.3 Å². The molecule has 0 N–H and O–H groups in total. The van der Waals surface area contributed by atoms with Crippen LogP contribution in [0.1, 0.15) is 19.3 Å². The SMILES string of the molecule is C#CCCN(C)C1CC1. The van der Waals surface area contributed by atoms with E-state index >= 15 is 0 Å². The monoisotopic (exact) mass is 123 g/mol. The normalized spacial score (nSPS) is 17.9. The Labute approximate surface area is 57.0 Å². The molecule has 1 fully saturated rings. The molecular formula is C8H13N. The Balaban J connectivity index is 2.04. The van der Waals surface area contributed by atoms with Crippen LogP contribution in [0.15, 0.2) is 0 Å². The summed E-state index contributed by atoms with van der Waals surface area (Å²) in [5, 5.41) is 0. The molecule has 1 rings (SSSR count). The third-order valence-electron chi connectivity index (χ3n) is 1.78. The Kier molecular flexibility index (Phi) is 2.13. The van der Waals surface area contributed by atoms with Crippen molar-refractivity contribution in [1.29, 1.82) is 0 Å². The molecule has 1 aliphatic carbocycles. The predicted molar refractivity (Wildman–Crippen MR) is 39.1 cm³/mol. The van der Waals surface area contributed by atoms with E-state index in [0.717, 1.165) is 19.0 Å². The lowest BCUT2D eigenvalue weighted by Gasteiger charge is -2.12. The first-order valence-electron chi connectivity index (χ1n) is 3.48. The second-order valence-corrected chi connectivity index (χ2v) is 2.67. The summed E-state index contributed by atoms with van der Waals surface area (Å²) in [6.07, 6.45) is 8.77. The highest BCUT2D eigenvalue weighted by Crippen LogP contribution is 2.24. The summed E-state index contributed by atoms with van der Waals surface area (Å²) in [4.78, 5) is 2.35. The van der Waals surface area contributed by atoms with E-state index < -0.39 is 0 Å². The zero-order valence-corrected chi connectivity index (χ0v) is 5.93. The molecule has 0 amide bonds. The lowest BCUT2D eigenvalue weighted by molar-refractivity contribution is 0.333. The summed E-state index contributed by atoms with van der Waals surface area (Å²) in [5.74, 6) is 2.64. The van der Waals surface area contributed by atoms with Crippen LogP contribution in [-0.2, 0) is 0 Å². The Hall–Kier alpha value is -0.480. The number of hydrogen-bond acceptors (Lipinski definition) is 1. The highest BCUT2D eigenvalue weighted by Gasteiger charge is 2.24. The van der Waals surface area contributed by atoms with Crippen LogP contribution in [0.4, 0.5) is 0 Å². The average molecular weight is 123 g/mol. The summed E-state index contributed by atoms with van der Waals surface area (Å²) in [7, 11) is 2.15. The van der Waals surface area contributed by atoms with Gasteiger partial charge >= 0.3 is 0 Å². The summed E-state index contributed by atoms with van der Waals surface area (Å²) >= 11 is 0. The van der Waals surface area contributed by atoms with Crippen molar-refractivity contribution in [3.05, 3.63) is 0 Å². The summed E-state index contributed by atoms with van der Waals surface area (Å²) in [6, 6.07) is 0.860. The molecule has 1 aliphatic rings. The van der Waals surface area contributed by atoms with Crippen molar-refractivity contribution >= 4 is 0 Å². The predicted octanol–water partition coefficient (Wildman–Crippen LogP) is 1.10. The van der Waals surface area contributed by atoms with Crippen LogP contribution in [0.2, 0.25) is 0 Å². The van der Waals surface area contributed by atoms with Crippen LogP contribution in [0.3, 0.4) is 0 Å². The van der Waals surface area contributed by atoms with E-state index in [0.29, 0.717) is 0 Å². The fourth-order valence-electron chi connectivity index (χ4n) is 0.939. The van der Waals surface area contributed by atoms with Gasteiger partial charge in [-0.25, -0.2) is 0 Å². The van der Waals surface area contributed by atoms with Gasteiger partial charge in [-0.05, 0) is 19.9 Å². The number of hydrogen-bond donors (Lipinski definition) is 0. The van der Waals surface area contributed by atoms with Gasteiger partial charge < -0.3 is 4.90 Å². The fourth-order valence-corrected chi connectivity index (χ4v) is 0.939. The Morgan fingerprint density at radius 3 is 2.78 bits per heavy atom. The Morgan fingerprint density at radius 1 is 1.67 bits per heavy atom. The van der Waals surface area contributed by atoms with Gasteiger partial charge in [0.15, 0.2) is 0 Å². The highest BCUT2D eigenvalue weighted by molar-refractivity contribution is 4.88. The molecule has 1 nitrogen and oxygen atoms in total. The molecule has 50 valence electrons. The lowest BCUT2D eigenvalue weighted by Crippen LogP contribution is -2.21. The third kappa shape index (κ3) is 2.07. The van der Waals surface area contributed by atoms with Gasteiger partial charge in [0.1, 0.15) is 0 Å². The molecule has 0 saturated heterocycles. The minimum atomic E-state index is 0.860. The Bertz CT molecular complexity index is 119. The number of nitrogens with zero attached hydrogens (tertiary/aromatic N) is 1. The maximum atomic E-state index is 5.12. The first-order valence-corrected chi connectivity index (χ1v) is 3.48. The van der Waals surface area contributed by atoms with E-state index in [1.54, 1.807) is 0 Å². The first-order chi connectivity index (χ1) is 4.34. The largest absolute Gasteiger partial charge is 0.302 e. The van der Waals surface area contributed by atoms with Crippen molar-refractivity contribution in [1.82, 2.24) is 4.90 Å². The second kappa shape index (κ2) is 2.89. The minimum Gasteiger partial charge on any atom is -0.302 e. The highest BCUT2D eigenvalue weighted by atomic mass is 15.1. The molecule has 0 heterocycles. The molecule has 0 radical (unpaired) electrons. The smallest absolute Gasteiger partial charge is 0.0214 e. The quantitative estimate of drug-likeness (QED) is 0.508. The van der Waals surface area contributed by atoms with Crippen molar-refractivity contribution in [3.63, 3.8) is 0 Å². The minimum absolute atomic E-state index is 0.860. The molecule has 0 aliphatic heterocycles. The number of terminal acetylenes is 1. The van der Waals surface area contributed by atoms with E-state index in [4.69, 9.17) is 6.42 Å². The summed E-state index contributed by atoms with van der Waals surface area (Å²) in [5.41, 5.74) is 0. The van der Waals surface area contributed by atoms with Gasteiger partial charge in [0.05, 0.1) is 0 Å². The lowest BCUT2D eigenvalue weighted by atomic mass is 10.4. The summed E-state index contributed by atoms with van der Waals surface area (Å²) in [6.45, 7) is 1.07. The molecular weight excluding hydrogens is 110 g/mol. The molecule has 0 aromatic heterocycles. The van der Waals surface area contributed by atoms with E-state index in [9.17, 15) is 0 Å². The zero-order chi connectivity index (χ0) is 6.69. The van der Waals surface area contributed by atoms with Crippen molar-refractivity contribution in [2.45, 2.75) is 25.3 Å². The molecule has 0 bridgehead atoms. The van der Waals surface area contributed by atoms with E-state index in [1.165, 1.54) is 12.8 Å². The van der Waals surface area contributed by atoms with Gasteiger partial charge in [0.2, 0.25) is 0 Å². The topological polar surface area (TPSA) is 3.24 Å². The molecule has 1 saturated carbocycles. The van der Waals surface area contributed by atoms with Gasteiger partial charge in [0, 0.05) is 19.0 Å². The van der Waals surface area contributed by atoms with Crippen LogP contribution in [0.5, 0.6) is 0 Å². The standard InChI is InChI=1S/C8H13N/c1-3-4-7-9(2)8-5-6-8/h1,8H,4-7H2,2H3. The molecule has 0 aromatic rings. The van der Waals surface area contributed by atoms with E-state index in [1.807, 2.05) is 0 Å². The number of rotatable bonds is 3. The zero-order valence-electron chi connectivity index (χ0n) is 5.93. The molecule has 0 spiro atoms.